The van der Waals surface area contributed by atoms with E-state index in [0.717, 1.165) is 33.7 Å². The summed E-state index contributed by atoms with van der Waals surface area (Å²) < 4.78 is 2.18. The number of benzene rings is 2. The lowest BCUT2D eigenvalue weighted by atomic mass is 10.2. The van der Waals surface area contributed by atoms with Gasteiger partial charge in [0.1, 0.15) is 0 Å². The van der Waals surface area contributed by atoms with Crippen LogP contribution < -0.4 is 11.2 Å². The van der Waals surface area contributed by atoms with Gasteiger partial charge in [0.15, 0.2) is 5.11 Å². The highest BCUT2D eigenvalue weighted by molar-refractivity contribution is 7.80. The van der Waals surface area contributed by atoms with Gasteiger partial charge in [-0.1, -0.05) is 41.9 Å². The maximum Gasteiger partial charge on any atom is 0.184 e. The Balaban J connectivity index is 2.00. The average molecular weight is 343 g/mol. The van der Waals surface area contributed by atoms with Crippen LogP contribution in [0.1, 0.15) is 11.3 Å². The van der Waals surface area contributed by atoms with E-state index in [-0.39, 0.29) is 5.11 Å². The summed E-state index contributed by atoms with van der Waals surface area (Å²) in [7, 11) is 0. The van der Waals surface area contributed by atoms with Gasteiger partial charge in [0.05, 0.1) is 11.9 Å². The summed E-state index contributed by atoms with van der Waals surface area (Å²) in [5, 5.41) is 6.09. The molecule has 0 fully saturated rings. The maximum absolute atomic E-state index is 5.96. The normalized spacial score (nSPS) is 11.2. The number of fused-ring (bicyclic) bond motifs is 1. The van der Waals surface area contributed by atoms with E-state index in [9.17, 15) is 0 Å². The fraction of sp³-hybridized carbons (Fsp3) is 0.0588. The Bertz CT molecular complexity index is 868. The monoisotopic (exact) mass is 342 g/mol. The minimum Gasteiger partial charge on any atom is -0.375 e. The third kappa shape index (κ3) is 3.70. The Morgan fingerprint density at radius 3 is 2.70 bits per heavy atom. The van der Waals surface area contributed by atoms with Crippen LogP contribution in [0.2, 0.25) is 5.02 Å². The zero-order chi connectivity index (χ0) is 16.2. The molecule has 0 aliphatic rings. The molecule has 23 heavy (non-hydrogen) atoms. The van der Waals surface area contributed by atoms with Crippen molar-refractivity contribution in [2.75, 3.05) is 0 Å². The lowest BCUT2D eigenvalue weighted by Crippen LogP contribution is -2.24. The van der Waals surface area contributed by atoms with E-state index >= 15 is 0 Å². The quantitative estimate of drug-likeness (QED) is 0.433. The van der Waals surface area contributed by atoms with Crippen LogP contribution in [0.15, 0.2) is 59.7 Å². The number of halogens is 1. The minimum absolute atomic E-state index is 0.140. The molecule has 0 amide bonds. The van der Waals surface area contributed by atoms with Crippen molar-refractivity contribution in [3.8, 4) is 0 Å². The van der Waals surface area contributed by atoms with E-state index in [1.165, 1.54) is 0 Å². The molecular weight excluding hydrogens is 328 g/mol. The highest BCUT2D eigenvalue weighted by Crippen LogP contribution is 2.21. The number of hydrogen-bond acceptors (Lipinski definition) is 2. The predicted molar refractivity (Wildman–Crippen MR) is 100 cm³/mol. The predicted octanol–water partition coefficient (Wildman–Crippen LogP) is 3.51. The Kier molecular flexibility index (Phi) is 4.60. The molecule has 4 nitrogen and oxygen atoms in total. The van der Waals surface area contributed by atoms with Gasteiger partial charge in [0, 0.05) is 22.5 Å². The van der Waals surface area contributed by atoms with Gasteiger partial charge in [-0.25, -0.2) is 0 Å². The van der Waals surface area contributed by atoms with Gasteiger partial charge in [-0.05, 0) is 42.0 Å². The smallest absolute Gasteiger partial charge is 0.184 e. The summed E-state index contributed by atoms with van der Waals surface area (Å²) >= 11 is 10.7. The summed E-state index contributed by atoms with van der Waals surface area (Å²) in [4.78, 5) is 0. The van der Waals surface area contributed by atoms with Gasteiger partial charge in [-0.15, -0.1) is 0 Å². The van der Waals surface area contributed by atoms with Gasteiger partial charge in [0.2, 0.25) is 0 Å². The Hall–Kier alpha value is -2.37. The molecule has 3 rings (SSSR count). The van der Waals surface area contributed by atoms with Crippen LogP contribution in [0.5, 0.6) is 0 Å². The van der Waals surface area contributed by atoms with Crippen molar-refractivity contribution >= 4 is 46.0 Å². The number of para-hydroxylation sites is 1. The van der Waals surface area contributed by atoms with Crippen molar-refractivity contribution in [2.45, 2.75) is 6.54 Å². The molecular formula is C17H15ClN4S. The molecule has 2 aromatic carbocycles. The topological polar surface area (TPSA) is 55.3 Å². The number of nitrogens with two attached hydrogens (primary N) is 1. The molecule has 1 heterocycles. The molecule has 0 bridgehead atoms. The summed E-state index contributed by atoms with van der Waals surface area (Å²) in [5.74, 6) is 0. The number of aromatic nitrogens is 1. The molecule has 3 N–H and O–H groups in total. The highest BCUT2D eigenvalue weighted by Gasteiger charge is 2.07. The molecule has 0 spiro atoms. The number of thiocarbonyl (C=S) groups is 1. The lowest BCUT2D eigenvalue weighted by molar-refractivity contribution is 0.829. The summed E-state index contributed by atoms with van der Waals surface area (Å²) in [5.41, 5.74) is 11.2. The van der Waals surface area contributed by atoms with Crippen LogP contribution in [0.25, 0.3) is 10.9 Å². The largest absolute Gasteiger partial charge is 0.375 e. The summed E-state index contributed by atoms with van der Waals surface area (Å²) in [6.07, 6.45) is 1.72. The first kappa shape index (κ1) is 15.5. The van der Waals surface area contributed by atoms with Crippen molar-refractivity contribution < 1.29 is 0 Å². The Morgan fingerprint density at radius 1 is 1.22 bits per heavy atom. The second-order valence-electron chi connectivity index (χ2n) is 5.07. The van der Waals surface area contributed by atoms with Crippen LogP contribution in [0, 0.1) is 0 Å². The molecule has 0 saturated heterocycles. The minimum atomic E-state index is 0.140. The van der Waals surface area contributed by atoms with E-state index in [4.69, 9.17) is 29.6 Å². The summed E-state index contributed by atoms with van der Waals surface area (Å²) in [6, 6.07) is 18.1. The average Bonchev–Trinajstić information content (AvgIpc) is 2.87. The van der Waals surface area contributed by atoms with E-state index in [0.29, 0.717) is 0 Å². The number of hydrogen-bond donors (Lipinski definition) is 2. The van der Waals surface area contributed by atoms with Crippen LogP contribution >= 0.6 is 23.8 Å². The van der Waals surface area contributed by atoms with Crippen molar-refractivity contribution in [3.05, 3.63) is 70.9 Å². The second-order valence-corrected chi connectivity index (χ2v) is 5.95. The van der Waals surface area contributed by atoms with Crippen LogP contribution in [0.3, 0.4) is 0 Å². The third-order valence-corrected chi connectivity index (χ3v) is 3.81. The standard InChI is InChI=1S/C17H15ClN4S/c18-14-7-5-12(6-8-14)11-22-15(10-20-21-17(19)23)9-13-3-1-2-4-16(13)22/h1-10H,11H2,(H3,19,21,23)/b20-10+. The zero-order valence-electron chi connectivity index (χ0n) is 12.2. The van der Waals surface area contributed by atoms with Crippen molar-refractivity contribution in [1.82, 2.24) is 9.99 Å². The van der Waals surface area contributed by atoms with Gasteiger partial charge >= 0.3 is 0 Å². The van der Waals surface area contributed by atoms with Gasteiger partial charge in [-0.2, -0.15) is 5.10 Å². The molecule has 0 atom stereocenters. The van der Waals surface area contributed by atoms with Crippen molar-refractivity contribution in [2.24, 2.45) is 10.8 Å². The van der Waals surface area contributed by atoms with Crippen LogP contribution in [-0.2, 0) is 6.54 Å². The van der Waals surface area contributed by atoms with Gasteiger partial charge in [0.25, 0.3) is 0 Å². The first-order chi connectivity index (χ1) is 11.1. The molecule has 116 valence electrons. The number of hydrazone groups is 1. The van der Waals surface area contributed by atoms with Crippen LogP contribution in [0.4, 0.5) is 0 Å². The Morgan fingerprint density at radius 2 is 1.96 bits per heavy atom. The van der Waals surface area contributed by atoms with E-state index in [1.807, 2.05) is 36.4 Å². The third-order valence-electron chi connectivity index (χ3n) is 3.47. The van der Waals surface area contributed by atoms with E-state index in [1.54, 1.807) is 6.21 Å². The first-order valence-corrected chi connectivity index (χ1v) is 7.83. The van der Waals surface area contributed by atoms with Crippen LogP contribution in [-0.4, -0.2) is 15.9 Å². The highest BCUT2D eigenvalue weighted by atomic mass is 35.5. The first-order valence-electron chi connectivity index (χ1n) is 7.05. The molecule has 0 radical (unpaired) electrons. The molecule has 6 heteroatoms. The second kappa shape index (κ2) is 6.81. The van der Waals surface area contributed by atoms with Crippen molar-refractivity contribution in [3.63, 3.8) is 0 Å². The fourth-order valence-electron chi connectivity index (χ4n) is 2.45. The van der Waals surface area contributed by atoms with Crippen molar-refractivity contribution in [1.29, 1.82) is 0 Å². The van der Waals surface area contributed by atoms with Gasteiger partial charge in [-0.3, -0.25) is 5.43 Å². The molecule has 0 aliphatic heterocycles. The Labute approximate surface area is 144 Å². The molecule has 1 aromatic heterocycles. The van der Waals surface area contributed by atoms with E-state index in [2.05, 4.69) is 33.3 Å². The lowest BCUT2D eigenvalue weighted by Gasteiger charge is -2.09. The van der Waals surface area contributed by atoms with E-state index < -0.39 is 0 Å². The fourth-order valence-corrected chi connectivity index (χ4v) is 2.63. The maximum atomic E-state index is 5.96. The molecule has 0 aliphatic carbocycles. The number of nitrogens with zero attached hydrogens (tertiary/aromatic N) is 2. The SMILES string of the molecule is NC(=S)N/N=C/c1cc2ccccc2n1Cc1ccc(Cl)cc1. The molecule has 0 saturated carbocycles. The summed E-state index contributed by atoms with van der Waals surface area (Å²) in [6.45, 7) is 0.721. The zero-order valence-corrected chi connectivity index (χ0v) is 13.8. The molecule has 3 aromatic rings. The number of rotatable bonds is 4. The molecule has 0 unspecified atom stereocenters. The number of nitrogens with one attached hydrogen (secondary N) is 1. The van der Waals surface area contributed by atoms with Gasteiger partial charge < -0.3 is 10.3 Å².